The van der Waals surface area contributed by atoms with Gasteiger partial charge in [-0.3, -0.25) is 4.79 Å². The number of halogens is 3. The van der Waals surface area contributed by atoms with E-state index < -0.39 is 12.6 Å². The largest absolute Gasteiger partial charge is 0.397 e. The zero-order valence-electron chi connectivity index (χ0n) is 27.8. The molecule has 45 heavy (non-hydrogen) atoms. The van der Waals surface area contributed by atoms with Gasteiger partial charge in [0.2, 0.25) is 6.41 Å². The minimum atomic E-state index is -1.20. The van der Waals surface area contributed by atoms with Gasteiger partial charge in [-0.05, 0) is 76.2 Å². The molecule has 1 aromatic carbocycles. The molecule has 2 heterocycles. The number of aromatic nitrogens is 1. The number of amides is 1. The second kappa shape index (κ2) is 22.9. The van der Waals surface area contributed by atoms with Crippen LogP contribution in [0.5, 0.6) is 0 Å². The van der Waals surface area contributed by atoms with Crippen molar-refractivity contribution in [3.63, 3.8) is 0 Å². The van der Waals surface area contributed by atoms with E-state index in [1.807, 2.05) is 6.92 Å². The third kappa shape index (κ3) is 13.8. The number of hydrogen-bond acceptors (Lipinski definition) is 6. The van der Waals surface area contributed by atoms with Crippen LogP contribution in [0, 0.1) is 17.8 Å². The number of rotatable bonds is 11. The number of aldehydes is 1. The Morgan fingerprint density at radius 3 is 2.36 bits per heavy atom. The molecule has 2 aromatic rings. The van der Waals surface area contributed by atoms with Crippen LogP contribution in [-0.2, 0) is 14.5 Å². The molecule has 4 N–H and O–H groups in total. The number of H-pyrrole nitrogens is 1. The lowest BCUT2D eigenvalue weighted by molar-refractivity contribution is -0.111. The van der Waals surface area contributed by atoms with E-state index in [9.17, 15) is 23.3 Å². The van der Waals surface area contributed by atoms with Crippen molar-refractivity contribution in [2.24, 2.45) is 23.5 Å². The number of nitrogens with zero attached hydrogens (tertiary/aromatic N) is 1. The molecule has 1 aromatic heterocycles. The molecule has 1 aliphatic heterocycles. The number of likely N-dealkylation sites (tertiary alicyclic amines) is 1. The van der Waals surface area contributed by atoms with Crippen molar-refractivity contribution < 1.29 is 28.2 Å². The van der Waals surface area contributed by atoms with Crippen LogP contribution < -0.4 is 11.1 Å². The van der Waals surface area contributed by atoms with Crippen LogP contribution in [0.15, 0.2) is 18.2 Å². The lowest BCUT2D eigenvalue weighted by atomic mass is 9.77. The van der Waals surface area contributed by atoms with Crippen molar-refractivity contribution in [1.82, 2.24) is 9.88 Å². The first kappa shape index (κ1) is 40.5. The van der Waals surface area contributed by atoms with Crippen LogP contribution in [0.25, 0.3) is 10.9 Å². The molecule has 4 rings (SSSR count). The monoisotopic (exact) mass is 656 g/mol. The Bertz CT molecular complexity index is 1130. The predicted molar refractivity (Wildman–Crippen MR) is 180 cm³/mol. The van der Waals surface area contributed by atoms with Crippen LogP contribution in [0.4, 0.5) is 14.6 Å². The Morgan fingerprint density at radius 1 is 1.18 bits per heavy atom. The summed E-state index contributed by atoms with van der Waals surface area (Å²) in [5.41, 5.74) is 6.25. The lowest BCUT2D eigenvalue weighted by Gasteiger charge is -2.31. The summed E-state index contributed by atoms with van der Waals surface area (Å²) >= 11 is 5.89. The molecule has 1 saturated carbocycles. The highest BCUT2D eigenvalue weighted by molar-refractivity contribution is 6.38. The van der Waals surface area contributed by atoms with E-state index in [1.54, 1.807) is 18.2 Å². The van der Waals surface area contributed by atoms with Crippen LogP contribution >= 0.6 is 11.6 Å². The van der Waals surface area contributed by atoms with E-state index in [1.165, 1.54) is 51.5 Å². The second-order valence-corrected chi connectivity index (χ2v) is 12.5. The molecular weight excluding hydrogens is 602 g/mol. The highest BCUT2D eigenvalue weighted by Crippen LogP contribution is 2.38. The van der Waals surface area contributed by atoms with Gasteiger partial charge in [0.05, 0.1) is 5.02 Å². The smallest absolute Gasteiger partial charge is 0.348 e. The van der Waals surface area contributed by atoms with Crippen LogP contribution in [0.3, 0.4) is 0 Å². The molecule has 8 nitrogen and oxygen atoms in total. The molecule has 2 aliphatic rings. The van der Waals surface area contributed by atoms with Crippen molar-refractivity contribution in [1.29, 1.82) is 0 Å². The van der Waals surface area contributed by atoms with Gasteiger partial charge in [0, 0.05) is 39.1 Å². The zero-order chi connectivity index (χ0) is 33.8. The Labute approximate surface area is 273 Å². The maximum absolute atomic E-state index is 11.9. The molecule has 4 unspecified atom stereocenters. The number of fused-ring (bicyclic) bond motifs is 1. The quantitative estimate of drug-likeness (QED) is 0.209. The summed E-state index contributed by atoms with van der Waals surface area (Å²) in [6, 6.07) is 5.27. The number of hydrogen-bond donors (Lipinski definition) is 3. The van der Waals surface area contributed by atoms with Crippen LogP contribution in [-0.4, -0.2) is 60.9 Å². The van der Waals surface area contributed by atoms with Gasteiger partial charge in [0.1, 0.15) is 18.7 Å². The fourth-order valence-electron chi connectivity index (χ4n) is 5.90. The highest BCUT2D eigenvalue weighted by atomic mass is 35.5. The van der Waals surface area contributed by atoms with E-state index in [2.05, 4.69) is 48.0 Å². The summed E-state index contributed by atoms with van der Waals surface area (Å²) in [5.74, 6) is 1.02. The number of nitrogens with two attached hydrogens (primary N) is 1. The van der Waals surface area contributed by atoms with Gasteiger partial charge in [0.25, 0.3) is 0 Å². The summed E-state index contributed by atoms with van der Waals surface area (Å²) < 4.78 is 23.7. The molecule has 0 spiro atoms. The van der Waals surface area contributed by atoms with Gasteiger partial charge < -0.3 is 25.7 Å². The lowest BCUT2D eigenvalue weighted by Crippen LogP contribution is -2.30. The van der Waals surface area contributed by atoms with E-state index in [0.717, 1.165) is 43.4 Å². The Hall–Kier alpha value is -2.56. The van der Waals surface area contributed by atoms with E-state index in [0.29, 0.717) is 29.4 Å². The first-order valence-electron chi connectivity index (χ1n) is 16.4. The summed E-state index contributed by atoms with van der Waals surface area (Å²) in [4.78, 5) is 39.9. The van der Waals surface area contributed by atoms with Gasteiger partial charge in [0.15, 0.2) is 0 Å². The maximum Gasteiger partial charge on any atom is 0.397 e. The molecule has 1 aliphatic carbocycles. The molecule has 0 radical (unpaired) electrons. The van der Waals surface area contributed by atoms with Gasteiger partial charge in [-0.25, -0.2) is 14.1 Å². The normalized spacial score (nSPS) is 19.5. The van der Waals surface area contributed by atoms with Crippen LogP contribution in [0.2, 0.25) is 5.02 Å². The van der Waals surface area contributed by atoms with E-state index >= 15 is 0 Å². The Kier molecular flexibility index (Phi) is 20.6. The maximum atomic E-state index is 11.9. The first-order valence-corrected chi connectivity index (χ1v) is 16.8. The molecule has 4 atom stereocenters. The van der Waals surface area contributed by atoms with Crippen LogP contribution in [0.1, 0.15) is 109 Å². The van der Waals surface area contributed by atoms with E-state index in [-0.39, 0.29) is 22.7 Å². The Balaban J connectivity index is 0.000000329. The highest BCUT2D eigenvalue weighted by Gasteiger charge is 2.34. The number of carbonyl (C=O) groups is 3. The average Bonchev–Trinajstić information content (AvgIpc) is 3.57. The predicted octanol–water partition coefficient (Wildman–Crippen LogP) is 8.43. The molecule has 256 valence electrons. The topological polar surface area (TPSA) is 118 Å². The number of benzene rings is 1. The summed E-state index contributed by atoms with van der Waals surface area (Å²) in [6.45, 7) is 9.53. The van der Waals surface area contributed by atoms with Crippen molar-refractivity contribution in [3.8, 4) is 0 Å². The summed E-state index contributed by atoms with van der Waals surface area (Å²) in [6.07, 6.45) is 15.0. The third-order valence-corrected chi connectivity index (χ3v) is 9.08. The van der Waals surface area contributed by atoms with Crippen molar-refractivity contribution in [2.75, 3.05) is 25.6 Å². The van der Waals surface area contributed by atoms with Gasteiger partial charge in [-0.1, -0.05) is 77.3 Å². The van der Waals surface area contributed by atoms with Gasteiger partial charge in [-0.2, -0.15) is 0 Å². The number of aromatic amines is 1. The first-order chi connectivity index (χ1) is 21.6. The molecule has 2 fully saturated rings. The Morgan fingerprint density at radius 2 is 1.84 bits per heavy atom. The molecule has 11 heteroatoms. The molecule has 0 bridgehead atoms. The standard InChI is InChI=1S/C12H23N.C10H6ClFN2O3.C9H18FNO.C3H8/c1-10-12(8-9-13(10)2)11-6-4-3-5-7-11;11-8-6-3-5(13-4-15)1-2-7(6)14-9(8)10(16)17-12;1-2-8(7-12)4-3-5-9(11)6-10;1-3-2/h10-12H,3-9H2,1-2H3;1-4,14H,(H,13,15);7-9H,2-6,11H2,1H3;3H2,1-2H3. The fourth-order valence-corrected chi connectivity index (χ4v) is 6.18. The third-order valence-electron chi connectivity index (χ3n) is 8.69. The van der Waals surface area contributed by atoms with Crippen molar-refractivity contribution in [3.05, 3.63) is 28.9 Å². The minimum Gasteiger partial charge on any atom is -0.348 e. The number of alkyl halides is 1. The minimum absolute atomic E-state index is 0.0391. The van der Waals surface area contributed by atoms with Gasteiger partial charge in [-0.15, -0.1) is 0 Å². The number of anilines is 1. The molecule has 1 saturated heterocycles. The second-order valence-electron chi connectivity index (χ2n) is 12.1. The zero-order valence-corrected chi connectivity index (χ0v) is 28.5. The SMILES string of the molecule is CC1C(C2CCCCC2)CCN1C.CCC.CCC(C=O)CCCC(N)CF.O=CNc1ccc2[nH]c(C(=O)OF)c(Cl)c2c1. The molecule has 1 amide bonds. The number of carbonyl (C=O) groups excluding carboxylic acids is 3. The van der Waals surface area contributed by atoms with Crippen molar-refractivity contribution >= 4 is 46.9 Å². The molecular formula is C34H55ClF2N4O4. The average molecular weight is 657 g/mol. The summed E-state index contributed by atoms with van der Waals surface area (Å²) in [5, 5.41) is 2.96. The van der Waals surface area contributed by atoms with E-state index in [4.69, 9.17) is 17.3 Å². The number of nitrogens with one attached hydrogen (secondary N) is 2. The van der Waals surface area contributed by atoms with Gasteiger partial charge >= 0.3 is 5.97 Å². The summed E-state index contributed by atoms with van der Waals surface area (Å²) in [7, 11) is 2.29. The van der Waals surface area contributed by atoms with Crippen molar-refractivity contribution in [2.45, 2.75) is 110 Å². The fraction of sp³-hybridized carbons (Fsp3) is 0.676.